The van der Waals surface area contributed by atoms with E-state index in [-0.39, 0.29) is 0 Å². The van der Waals surface area contributed by atoms with Crippen molar-refractivity contribution >= 4 is 17.3 Å². The fraction of sp³-hybridized carbons (Fsp3) is 0.133. The molecule has 0 fully saturated rings. The summed E-state index contributed by atoms with van der Waals surface area (Å²) < 4.78 is 0. The van der Waals surface area contributed by atoms with Gasteiger partial charge in [-0.25, -0.2) is 0 Å². The van der Waals surface area contributed by atoms with Crippen molar-refractivity contribution in [2.75, 3.05) is 4.90 Å². The van der Waals surface area contributed by atoms with Crippen LogP contribution in [0.15, 0.2) is 42.5 Å². The number of nitrogens with zero attached hydrogens (tertiary/aromatic N) is 2. The first kappa shape index (κ1) is 11.1. The molecule has 0 spiro atoms. The average Bonchev–Trinajstić information content (AvgIpc) is 2.82. The van der Waals surface area contributed by atoms with Crippen LogP contribution in [0.2, 0.25) is 5.02 Å². The van der Waals surface area contributed by atoms with E-state index >= 15 is 0 Å². The normalized spacial score (nSPS) is 13.2. The number of fused-ring (bicyclic) bond motifs is 1. The smallest absolute Gasteiger partial charge is 0.101 e. The Hall–Kier alpha value is -1.98. The highest BCUT2D eigenvalue weighted by molar-refractivity contribution is 6.30. The standard InChI is InChI=1S/C15H11ClN2/c16-14-6-5-11(8-17)15(7-14)18-9-12-3-1-2-4-13(12)10-18/h1-7H,9-10H2. The van der Waals surface area contributed by atoms with Crippen molar-refractivity contribution in [2.24, 2.45) is 0 Å². The molecule has 0 amide bonds. The van der Waals surface area contributed by atoms with Gasteiger partial charge in [0.1, 0.15) is 6.07 Å². The third kappa shape index (κ3) is 1.83. The van der Waals surface area contributed by atoms with E-state index in [1.54, 1.807) is 12.1 Å². The second-order valence-corrected chi connectivity index (χ2v) is 4.83. The number of hydrogen-bond acceptors (Lipinski definition) is 2. The summed E-state index contributed by atoms with van der Waals surface area (Å²) in [6.07, 6.45) is 0. The largest absolute Gasteiger partial charge is 0.362 e. The summed E-state index contributed by atoms with van der Waals surface area (Å²) >= 11 is 6.03. The Morgan fingerprint density at radius 3 is 2.33 bits per heavy atom. The number of benzene rings is 2. The molecule has 0 N–H and O–H groups in total. The molecule has 88 valence electrons. The van der Waals surface area contributed by atoms with Crippen molar-refractivity contribution in [3.63, 3.8) is 0 Å². The van der Waals surface area contributed by atoms with Gasteiger partial charge in [-0.2, -0.15) is 5.26 Å². The Kier molecular flexibility index (Phi) is 2.70. The molecule has 2 nitrogen and oxygen atoms in total. The van der Waals surface area contributed by atoms with Gasteiger partial charge >= 0.3 is 0 Å². The first-order valence-electron chi connectivity index (χ1n) is 5.79. The van der Waals surface area contributed by atoms with Crippen molar-refractivity contribution < 1.29 is 0 Å². The number of hydrogen-bond donors (Lipinski definition) is 0. The molecular weight excluding hydrogens is 244 g/mol. The third-order valence-corrected chi connectivity index (χ3v) is 3.50. The molecular formula is C15H11ClN2. The van der Waals surface area contributed by atoms with Crippen LogP contribution in [0.1, 0.15) is 16.7 Å². The molecule has 0 radical (unpaired) electrons. The number of halogens is 1. The van der Waals surface area contributed by atoms with E-state index in [1.165, 1.54) is 11.1 Å². The van der Waals surface area contributed by atoms with Gasteiger partial charge < -0.3 is 4.90 Å². The molecule has 1 aliphatic heterocycles. The summed E-state index contributed by atoms with van der Waals surface area (Å²) in [5.74, 6) is 0. The van der Waals surface area contributed by atoms with Gasteiger partial charge in [0.15, 0.2) is 0 Å². The van der Waals surface area contributed by atoms with Crippen molar-refractivity contribution in [2.45, 2.75) is 13.1 Å². The first-order valence-corrected chi connectivity index (χ1v) is 6.17. The molecule has 0 unspecified atom stereocenters. The Bertz CT molecular complexity index is 618. The van der Waals surface area contributed by atoms with Crippen molar-refractivity contribution in [1.29, 1.82) is 5.26 Å². The molecule has 3 rings (SSSR count). The summed E-state index contributed by atoms with van der Waals surface area (Å²) in [6, 6.07) is 16.0. The lowest BCUT2D eigenvalue weighted by Gasteiger charge is -2.19. The maximum Gasteiger partial charge on any atom is 0.101 e. The minimum Gasteiger partial charge on any atom is -0.362 e. The molecule has 2 aromatic rings. The van der Waals surface area contributed by atoms with Gasteiger partial charge in [0, 0.05) is 18.1 Å². The van der Waals surface area contributed by atoms with E-state index in [9.17, 15) is 0 Å². The average molecular weight is 255 g/mol. The zero-order chi connectivity index (χ0) is 12.5. The van der Waals surface area contributed by atoms with Crippen LogP contribution in [-0.2, 0) is 13.1 Å². The van der Waals surface area contributed by atoms with Crippen molar-refractivity contribution in [3.8, 4) is 6.07 Å². The van der Waals surface area contributed by atoms with Crippen molar-refractivity contribution in [1.82, 2.24) is 0 Å². The Labute approximate surface area is 111 Å². The molecule has 0 aliphatic carbocycles. The second-order valence-electron chi connectivity index (χ2n) is 4.40. The predicted octanol–water partition coefficient (Wildman–Crippen LogP) is 3.73. The SMILES string of the molecule is N#Cc1ccc(Cl)cc1N1Cc2ccccc2C1. The van der Waals surface area contributed by atoms with Gasteiger partial charge in [0.2, 0.25) is 0 Å². The van der Waals surface area contributed by atoms with Crippen LogP contribution < -0.4 is 4.90 Å². The number of rotatable bonds is 1. The predicted molar refractivity (Wildman–Crippen MR) is 72.5 cm³/mol. The maximum atomic E-state index is 9.17. The van der Waals surface area contributed by atoms with Crippen LogP contribution in [0.4, 0.5) is 5.69 Å². The van der Waals surface area contributed by atoms with Crippen LogP contribution >= 0.6 is 11.6 Å². The molecule has 1 aliphatic rings. The molecule has 18 heavy (non-hydrogen) atoms. The van der Waals surface area contributed by atoms with Gasteiger partial charge in [-0.15, -0.1) is 0 Å². The van der Waals surface area contributed by atoms with Gasteiger partial charge in [0.05, 0.1) is 11.3 Å². The monoisotopic (exact) mass is 254 g/mol. The van der Waals surface area contributed by atoms with Crippen LogP contribution in [0.5, 0.6) is 0 Å². The molecule has 1 heterocycles. The summed E-state index contributed by atoms with van der Waals surface area (Å²) in [6.45, 7) is 1.68. The highest BCUT2D eigenvalue weighted by atomic mass is 35.5. The van der Waals surface area contributed by atoms with Crippen LogP contribution in [-0.4, -0.2) is 0 Å². The maximum absolute atomic E-state index is 9.17. The van der Waals surface area contributed by atoms with Crippen LogP contribution in [0, 0.1) is 11.3 Å². The lowest BCUT2D eigenvalue weighted by atomic mass is 10.1. The van der Waals surface area contributed by atoms with Gasteiger partial charge in [-0.1, -0.05) is 35.9 Å². The van der Waals surface area contributed by atoms with E-state index < -0.39 is 0 Å². The van der Waals surface area contributed by atoms with Gasteiger partial charge in [-0.05, 0) is 29.3 Å². The lowest BCUT2D eigenvalue weighted by molar-refractivity contribution is 0.878. The van der Waals surface area contributed by atoms with Crippen LogP contribution in [0.25, 0.3) is 0 Å². The highest BCUT2D eigenvalue weighted by Crippen LogP contribution is 2.32. The number of nitriles is 1. The molecule has 2 aromatic carbocycles. The topological polar surface area (TPSA) is 27.0 Å². The first-order chi connectivity index (χ1) is 8.78. The van der Waals surface area contributed by atoms with E-state index in [4.69, 9.17) is 16.9 Å². The molecule has 3 heteroatoms. The summed E-state index contributed by atoms with van der Waals surface area (Å²) in [7, 11) is 0. The highest BCUT2D eigenvalue weighted by Gasteiger charge is 2.20. The summed E-state index contributed by atoms with van der Waals surface area (Å²) in [5, 5.41) is 9.83. The molecule has 0 saturated carbocycles. The van der Waals surface area contributed by atoms with E-state index in [0.717, 1.165) is 18.8 Å². The quantitative estimate of drug-likeness (QED) is 0.775. The fourth-order valence-electron chi connectivity index (χ4n) is 2.36. The minimum atomic E-state index is 0.667. The van der Waals surface area contributed by atoms with Gasteiger partial charge in [0.25, 0.3) is 0 Å². The minimum absolute atomic E-state index is 0.667. The Morgan fingerprint density at radius 2 is 1.72 bits per heavy atom. The summed E-state index contributed by atoms with van der Waals surface area (Å²) in [5.41, 5.74) is 4.23. The Morgan fingerprint density at radius 1 is 1.06 bits per heavy atom. The zero-order valence-electron chi connectivity index (χ0n) is 9.73. The number of anilines is 1. The fourth-order valence-corrected chi connectivity index (χ4v) is 2.53. The molecule has 0 aromatic heterocycles. The Balaban J connectivity index is 2.00. The third-order valence-electron chi connectivity index (χ3n) is 3.26. The van der Waals surface area contributed by atoms with E-state index in [2.05, 4.69) is 23.1 Å². The van der Waals surface area contributed by atoms with E-state index in [1.807, 2.05) is 18.2 Å². The van der Waals surface area contributed by atoms with E-state index in [0.29, 0.717) is 10.6 Å². The van der Waals surface area contributed by atoms with Gasteiger partial charge in [-0.3, -0.25) is 0 Å². The lowest BCUT2D eigenvalue weighted by Crippen LogP contribution is -2.15. The summed E-state index contributed by atoms with van der Waals surface area (Å²) in [4.78, 5) is 2.19. The molecule has 0 bridgehead atoms. The zero-order valence-corrected chi connectivity index (χ0v) is 10.5. The molecule has 0 atom stereocenters. The second kappa shape index (κ2) is 4.36. The van der Waals surface area contributed by atoms with Crippen LogP contribution in [0.3, 0.4) is 0 Å². The van der Waals surface area contributed by atoms with Crippen molar-refractivity contribution in [3.05, 3.63) is 64.2 Å². The molecule has 0 saturated heterocycles.